The maximum absolute atomic E-state index is 13.4. The quantitative estimate of drug-likeness (QED) is 0.440. The van der Waals surface area contributed by atoms with Gasteiger partial charge in [0.15, 0.2) is 0 Å². The molecule has 0 saturated carbocycles. The van der Waals surface area contributed by atoms with Crippen LogP contribution >= 0.6 is 11.8 Å². The highest BCUT2D eigenvalue weighted by Gasteiger charge is 2.25. The van der Waals surface area contributed by atoms with Gasteiger partial charge in [0, 0.05) is 65.4 Å². The molecule has 9 nitrogen and oxygen atoms in total. The lowest BCUT2D eigenvalue weighted by molar-refractivity contribution is -0.115. The van der Waals surface area contributed by atoms with Gasteiger partial charge in [-0.3, -0.25) is 14.4 Å². The Morgan fingerprint density at radius 2 is 1.97 bits per heavy atom. The second kappa shape index (κ2) is 12.6. The predicted octanol–water partition coefficient (Wildman–Crippen LogP) is 3.50. The summed E-state index contributed by atoms with van der Waals surface area (Å²) in [5, 5.41) is 14.5. The number of hydrogen-bond donors (Lipinski definition) is 3. The van der Waals surface area contributed by atoms with E-state index in [1.165, 1.54) is 11.8 Å². The Morgan fingerprint density at radius 3 is 2.61 bits per heavy atom. The van der Waals surface area contributed by atoms with Gasteiger partial charge in [-0.25, -0.2) is 0 Å². The van der Waals surface area contributed by atoms with E-state index < -0.39 is 5.91 Å². The van der Waals surface area contributed by atoms with Crippen molar-refractivity contribution in [1.82, 2.24) is 10.3 Å². The molecule has 2 aromatic rings. The second-order valence-electron chi connectivity index (χ2n) is 8.69. The van der Waals surface area contributed by atoms with E-state index in [2.05, 4.69) is 27.4 Å². The molecule has 2 heterocycles. The number of aromatic amines is 1. The van der Waals surface area contributed by atoms with E-state index in [0.29, 0.717) is 30.0 Å². The van der Waals surface area contributed by atoms with Crippen LogP contribution in [0.15, 0.2) is 27.9 Å². The van der Waals surface area contributed by atoms with Gasteiger partial charge in [0.1, 0.15) is 6.42 Å². The van der Waals surface area contributed by atoms with Gasteiger partial charge in [0.25, 0.3) is 11.5 Å². The number of nitrogens with one attached hydrogen (secondary N) is 3. The summed E-state index contributed by atoms with van der Waals surface area (Å²) >= 11 is 1.45. The monoisotopic (exact) mass is 511 g/mol. The minimum atomic E-state index is -0.441. The smallest absolute Gasteiger partial charge is 0.254 e. The molecule has 0 atom stereocenters. The van der Waals surface area contributed by atoms with Crippen molar-refractivity contribution in [3.05, 3.63) is 50.9 Å². The van der Waals surface area contributed by atoms with Gasteiger partial charge in [-0.1, -0.05) is 0 Å². The SMILES string of the molecule is CCN(c1cc(NC(=O)CC#N)cc(C(=O)NCc2c(SC)cc(C)[nH]c2=O)c1C)C1CCOCC1. The Labute approximate surface area is 215 Å². The van der Waals surface area contributed by atoms with Crippen LogP contribution in [-0.4, -0.2) is 48.9 Å². The number of amides is 2. The highest BCUT2D eigenvalue weighted by atomic mass is 32.2. The summed E-state index contributed by atoms with van der Waals surface area (Å²) in [5.41, 5.74) is 3.50. The van der Waals surface area contributed by atoms with E-state index in [4.69, 9.17) is 10.00 Å². The summed E-state index contributed by atoms with van der Waals surface area (Å²) in [7, 11) is 0. The third-order valence-corrected chi connectivity index (χ3v) is 7.11. The maximum Gasteiger partial charge on any atom is 0.254 e. The number of pyridine rings is 1. The average molecular weight is 512 g/mol. The molecule has 10 heteroatoms. The molecule has 192 valence electrons. The van der Waals surface area contributed by atoms with Crippen molar-refractivity contribution in [1.29, 1.82) is 5.26 Å². The summed E-state index contributed by atoms with van der Waals surface area (Å²) < 4.78 is 5.53. The van der Waals surface area contributed by atoms with E-state index in [0.717, 1.165) is 41.2 Å². The largest absolute Gasteiger partial charge is 0.381 e. The number of aromatic nitrogens is 1. The van der Waals surface area contributed by atoms with Crippen LogP contribution in [0, 0.1) is 25.2 Å². The number of nitriles is 1. The topological polar surface area (TPSA) is 127 Å². The van der Waals surface area contributed by atoms with Crippen LogP contribution in [0.4, 0.5) is 11.4 Å². The molecule has 1 aromatic heterocycles. The number of benzene rings is 1. The van der Waals surface area contributed by atoms with Crippen molar-refractivity contribution in [3.8, 4) is 6.07 Å². The predicted molar refractivity (Wildman–Crippen MR) is 142 cm³/mol. The Bertz CT molecular complexity index is 1210. The molecule has 3 N–H and O–H groups in total. The van der Waals surface area contributed by atoms with Crippen molar-refractivity contribution >= 4 is 35.0 Å². The number of carbonyl (C=O) groups is 2. The molecule has 0 aliphatic carbocycles. The van der Waals surface area contributed by atoms with Crippen LogP contribution in [0.3, 0.4) is 0 Å². The highest BCUT2D eigenvalue weighted by Crippen LogP contribution is 2.32. The molecule has 36 heavy (non-hydrogen) atoms. The van der Waals surface area contributed by atoms with E-state index in [9.17, 15) is 14.4 Å². The van der Waals surface area contributed by atoms with E-state index >= 15 is 0 Å². The number of hydrogen-bond acceptors (Lipinski definition) is 7. The minimum Gasteiger partial charge on any atom is -0.381 e. The van der Waals surface area contributed by atoms with Gasteiger partial charge in [-0.05, 0) is 63.6 Å². The van der Waals surface area contributed by atoms with Crippen LogP contribution in [-0.2, 0) is 16.1 Å². The Balaban J connectivity index is 1.97. The van der Waals surface area contributed by atoms with E-state index in [1.54, 1.807) is 6.07 Å². The first-order valence-electron chi connectivity index (χ1n) is 12.0. The average Bonchev–Trinajstić information content (AvgIpc) is 2.85. The summed E-state index contributed by atoms with van der Waals surface area (Å²) in [5.74, 6) is -0.788. The lowest BCUT2D eigenvalue weighted by Crippen LogP contribution is -2.40. The molecule has 0 bridgehead atoms. The minimum absolute atomic E-state index is 0.0713. The summed E-state index contributed by atoms with van der Waals surface area (Å²) in [6.07, 6.45) is 3.34. The Kier molecular flexibility index (Phi) is 9.56. The summed E-state index contributed by atoms with van der Waals surface area (Å²) in [6.45, 7) is 7.91. The van der Waals surface area contributed by atoms with E-state index in [1.807, 2.05) is 38.3 Å². The number of rotatable bonds is 9. The van der Waals surface area contributed by atoms with Crippen molar-refractivity contribution in [3.63, 3.8) is 0 Å². The van der Waals surface area contributed by atoms with Crippen LogP contribution in [0.5, 0.6) is 0 Å². The highest BCUT2D eigenvalue weighted by molar-refractivity contribution is 7.98. The number of ether oxygens (including phenoxy) is 1. The van der Waals surface area contributed by atoms with Gasteiger partial charge in [0.05, 0.1) is 6.07 Å². The fraction of sp³-hybridized carbons (Fsp3) is 0.462. The standard InChI is InChI=1S/C26H33N5O4S/c1-5-31(19-7-10-35-11-8-19)22-14-18(30-24(32)6-9-27)13-20(17(22)3)25(33)28-15-21-23(36-4)12-16(2)29-26(21)34/h12-14,19H,5-8,10-11,15H2,1-4H3,(H,28,33)(H,29,34)(H,30,32). The molecule has 2 amide bonds. The lowest BCUT2D eigenvalue weighted by Gasteiger charge is -2.37. The molecule has 3 rings (SSSR count). The molecule has 0 spiro atoms. The van der Waals surface area contributed by atoms with Crippen molar-refractivity contribution in [2.45, 2.75) is 57.5 Å². The number of carbonyl (C=O) groups excluding carboxylic acids is 2. The Hall–Kier alpha value is -3.29. The van der Waals surface area contributed by atoms with Gasteiger partial charge in [-0.15, -0.1) is 11.8 Å². The third-order valence-electron chi connectivity index (χ3n) is 6.31. The zero-order valence-corrected chi connectivity index (χ0v) is 22.0. The van der Waals surface area contributed by atoms with Crippen LogP contribution in [0.25, 0.3) is 0 Å². The molecule has 1 aliphatic heterocycles. The molecule has 1 aromatic carbocycles. The number of anilines is 2. The molecule has 1 fully saturated rings. The van der Waals surface area contributed by atoms with Gasteiger partial charge < -0.3 is 25.3 Å². The number of H-pyrrole nitrogens is 1. The fourth-order valence-corrected chi connectivity index (χ4v) is 5.21. The summed E-state index contributed by atoms with van der Waals surface area (Å²) in [6, 6.07) is 7.46. The zero-order valence-electron chi connectivity index (χ0n) is 21.2. The summed E-state index contributed by atoms with van der Waals surface area (Å²) in [4.78, 5) is 43.9. The third kappa shape index (κ3) is 6.47. The molecule has 0 radical (unpaired) electrons. The first-order valence-corrected chi connectivity index (χ1v) is 13.2. The fourth-order valence-electron chi connectivity index (χ4n) is 4.50. The zero-order chi connectivity index (χ0) is 26.2. The number of aryl methyl sites for hydroxylation is 1. The van der Waals surface area contributed by atoms with Crippen molar-refractivity contribution in [2.75, 3.05) is 36.2 Å². The molecule has 0 unspecified atom stereocenters. The molecule has 1 saturated heterocycles. The molecule has 1 aliphatic rings. The van der Waals surface area contributed by atoms with Gasteiger partial charge >= 0.3 is 0 Å². The molecular formula is C26H33N5O4S. The Morgan fingerprint density at radius 1 is 1.25 bits per heavy atom. The number of thioether (sulfide) groups is 1. The van der Waals surface area contributed by atoms with Crippen LogP contribution in [0.1, 0.15) is 53.4 Å². The van der Waals surface area contributed by atoms with Crippen molar-refractivity contribution < 1.29 is 14.3 Å². The van der Waals surface area contributed by atoms with Crippen LogP contribution in [0.2, 0.25) is 0 Å². The first kappa shape index (κ1) is 27.3. The van der Waals surface area contributed by atoms with Crippen molar-refractivity contribution in [2.24, 2.45) is 0 Å². The number of nitrogens with zero attached hydrogens (tertiary/aromatic N) is 2. The van der Waals surface area contributed by atoms with Gasteiger partial charge in [0.2, 0.25) is 5.91 Å². The normalized spacial score (nSPS) is 13.6. The van der Waals surface area contributed by atoms with E-state index in [-0.39, 0.29) is 30.5 Å². The maximum atomic E-state index is 13.4. The first-order chi connectivity index (χ1) is 17.3. The van der Waals surface area contributed by atoms with Crippen LogP contribution < -0.4 is 21.1 Å². The lowest BCUT2D eigenvalue weighted by atomic mass is 10.00. The second-order valence-corrected chi connectivity index (χ2v) is 9.54. The molecular weight excluding hydrogens is 478 g/mol. The van der Waals surface area contributed by atoms with Gasteiger partial charge in [-0.2, -0.15) is 5.26 Å².